The van der Waals surface area contributed by atoms with Crippen molar-refractivity contribution < 1.29 is 14.4 Å². The number of carbonyl (C=O) groups excluding carboxylic acids is 3. The Labute approximate surface area is 119 Å². The Bertz CT molecular complexity index is 462. The van der Waals surface area contributed by atoms with E-state index in [2.05, 4.69) is 12.2 Å². The second-order valence-electron chi connectivity index (χ2n) is 6.96. The molecule has 1 spiro atoms. The first-order chi connectivity index (χ1) is 9.47. The summed E-state index contributed by atoms with van der Waals surface area (Å²) in [5, 5.41) is 2.39. The molecule has 0 bridgehead atoms. The number of imide groups is 2. The SMILES string of the molecule is CC1(CN2C(=O)NC(=O)C3(CCC3)C2=O)CCCCC1. The first-order valence-electron chi connectivity index (χ1n) is 7.64. The lowest BCUT2D eigenvalue weighted by atomic mass is 9.65. The van der Waals surface area contributed by atoms with E-state index in [4.69, 9.17) is 0 Å². The summed E-state index contributed by atoms with van der Waals surface area (Å²) >= 11 is 0. The van der Waals surface area contributed by atoms with E-state index in [1.807, 2.05) is 0 Å². The summed E-state index contributed by atoms with van der Waals surface area (Å²) in [5.74, 6) is -0.645. The van der Waals surface area contributed by atoms with Crippen molar-refractivity contribution in [2.75, 3.05) is 6.54 Å². The van der Waals surface area contributed by atoms with Crippen molar-refractivity contribution in [2.24, 2.45) is 10.8 Å². The van der Waals surface area contributed by atoms with Crippen molar-refractivity contribution in [3.63, 3.8) is 0 Å². The standard InChI is InChI=1S/C15H22N2O3/c1-14(6-3-2-4-7-14)10-17-12(19)15(8-5-9-15)11(18)16-13(17)20/h2-10H2,1H3,(H,16,18,20). The molecule has 1 saturated heterocycles. The van der Waals surface area contributed by atoms with Crippen LogP contribution in [0, 0.1) is 10.8 Å². The zero-order chi connectivity index (χ0) is 14.4. The van der Waals surface area contributed by atoms with Gasteiger partial charge in [0, 0.05) is 6.54 Å². The van der Waals surface area contributed by atoms with Crippen molar-refractivity contribution in [1.82, 2.24) is 10.2 Å². The van der Waals surface area contributed by atoms with Crippen LogP contribution in [0.3, 0.4) is 0 Å². The molecular formula is C15H22N2O3. The second-order valence-corrected chi connectivity index (χ2v) is 6.96. The van der Waals surface area contributed by atoms with E-state index in [-0.39, 0.29) is 17.2 Å². The van der Waals surface area contributed by atoms with Crippen LogP contribution in [0.25, 0.3) is 0 Å². The van der Waals surface area contributed by atoms with Crippen LogP contribution < -0.4 is 5.32 Å². The van der Waals surface area contributed by atoms with Gasteiger partial charge in [-0.1, -0.05) is 32.6 Å². The van der Waals surface area contributed by atoms with Gasteiger partial charge in [0.2, 0.25) is 11.8 Å². The number of nitrogens with one attached hydrogen (secondary N) is 1. The molecule has 20 heavy (non-hydrogen) atoms. The number of carbonyl (C=O) groups is 3. The highest BCUT2D eigenvalue weighted by Crippen LogP contribution is 2.45. The molecule has 2 saturated carbocycles. The van der Waals surface area contributed by atoms with Crippen LogP contribution in [0.2, 0.25) is 0 Å². The number of amides is 4. The molecule has 0 aromatic carbocycles. The molecule has 5 heteroatoms. The highest BCUT2D eigenvalue weighted by atomic mass is 16.2. The molecule has 0 aromatic heterocycles. The first kappa shape index (κ1) is 13.6. The van der Waals surface area contributed by atoms with Crippen LogP contribution in [0.5, 0.6) is 0 Å². The molecule has 4 amide bonds. The zero-order valence-corrected chi connectivity index (χ0v) is 12.0. The van der Waals surface area contributed by atoms with Gasteiger partial charge in [-0.15, -0.1) is 0 Å². The lowest BCUT2D eigenvalue weighted by molar-refractivity contribution is -0.158. The Morgan fingerprint density at radius 2 is 1.65 bits per heavy atom. The van der Waals surface area contributed by atoms with Gasteiger partial charge in [-0.25, -0.2) is 4.79 Å². The Balaban J connectivity index is 1.79. The Morgan fingerprint density at radius 1 is 1.00 bits per heavy atom. The predicted octanol–water partition coefficient (Wildman–Crippen LogP) is 2.21. The number of hydrogen-bond acceptors (Lipinski definition) is 3. The molecule has 3 rings (SSSR count). The van der Waals surface area contributed by atoms with Crippen LogP contribution in [-0.2, 0) is 9.59 Å². The number of barbiturate groups is 1. The summed E-state index contributed by atoms with van der Waals surface area (Å²) in [6, 6.07) is -0.524. The summed E-state index contributed by atoms with van der Waals surface area (Å²) in [6.45, 7) is 2.60. The number of rotatable bonds is 2. The van der Waals surface area contributed by atoms with Gasteiger partial charge in [0.1, 0.15) is 5.41 Å². The fraction of sp³-hybridized carbons (Fsp3) is 0.800. The summed E-state index contributed by atoms with van der Waals surface area (Å²) in [6.07, 6.45) is 7.69. The van der Waals surface area contributed by atoms with Gasteiger partial charge in [-0.3, -0.25) is 19.8 Å². The molecule has 0 unspecified atom stereocenters. The average Bonchev–Trinajstić information content (AvgIpc) is 2.34. The Kier molecular flexibility index (Phi) is 3.10. The maximum atomic E-state index is 12.6. The highest BCUT2D eigenvalue weighted by molar-refractivity contribution is 6.19. The minimum atomic E-state index is -0.932. The largest absolute Gasteiger partial charge is 0.330 e. The fourth-order valence-corrected chi connectivity index (χ4v) is 3.79. The van der Waals surface area contributed by atoms with Crippen LogP contribution in [0.1, 0.15) is 58.3 Å². The highest BCUT2D eigenvalue weighted by Gasteiger charge is 2.57. The minimum Gasteiger partial charge on any atom is -0.277 e. The van der Waals surface area contributed by atoms with Crippen molar-refractivity contribution >= 4 is 17.8 Å². The van der Waals surface area contributed by atoms with E-state index >= 15 is 0 Å². The van der Waals surface area contributed by atoms with Crippen LogP contribution in [-0.4, -0.2) is 29.3 Å². The minimum absolute atomic E-state index is 0.0105. The maximum absolute atomic E-state index is 12.6. The molecule has 0 atom stereocenters. The van der Waals surface area contributed by atoms with Gasteiger partial charge in [-0.2, -0.15) is 0 Å². The number of urea groups is 1. The van der Waals surface area contributed by atoms with Gasteiger partial charge in [0.15, 0.2) is 0 Å². The van der Waals surface area contributed by atoms with E-state index in [1.54, 1.807) is 0 Å². The van der Waals surface area contributed by atoms with Crippen LogP contribution >= 0.6 is 0 Å². The van der Waals surface area contributed by atoms with E-state index < -0.39 is 11.4 Å². The lowest BCUT2D eigenvalue weighted by Gasteiger charge is -2.47. The smallest absolute Gasteiger partial charge is 0.277 e. The molecular weight excluding hydrogens is 256 g/mol. The quantitative estimate of drug-likeness (QED) is 0.787. The number of nitrogens with zero attached hydrogens (tertiary/aromatic N) is 1. The summed E-state index contributed by atoms with van der Waals surface area (Å²) in [7, 11) is 0. The van der Waals surface area contributed by atoms with E-state index in [0.29, 0.717) is 19.4 Å². The first-order valence-corrected chi connectivity index (χ1v) is 7.64. The topological polar surface area (TPSA) is 66.5 Å². The second kappa shape index (κ2) is 4.57. The lowest BCUT2D eigenvalue weighted by Crippen LogP contribution is -2.67. The van der Waals surface area contributed by atoms with Crippen molar-refractivity contribution in [3.05, 3.63) is 0 Å². The van der Waals surface area contributed by atoms with Gasteiger partial charge in [0.25, 0.3) is 0 Å². The van der Waals surface area contributed by atoms with Crippen molar-refractivity contribution in [2.45, 2.75) is 58.3 Å². The molecule has 1 heterocycles. The zero-order valence-electron chi connectivity index (χ0n) is 12.0. The molecule has 3 fully saturated rings. The fourth-order valence-electron chi connectivity index (χ4n) is 3.79. The van der Waals surface area contributed by atoms with Crippen LogP contribution in [0.15, 0.2) is 0 Å². The van der Waals surface area contributed by atoms with Crippen molar-refractivity contribution in [1.29, 1.82) is 0 Å². The third-order valence-corrected chi connectivity index (χ3v) is 5.36. The van der Waals surface area contributed by atoms with E-state index in [0.717, 1.165) is 32.1 Å². The molecule has 2 aliphatic carbocycles. The molecule has 110 valence electrons. The molecule has 5 nitrogen and oxygen atoms in total. The van der Waals surface area contributed by atoms with Gasteiger partial charge >= 0.3 is 6.03 Å². The summed E-state index contributed by atoms with van der Waals surface area (Å²) in [5.41, 5.74) is -0.921. The molecule has 0 radical (unpaired) electrons. The molecule has 0 aromatic rings. The van der Waals surface area contributed by atoms with Gasteiger partial charge in [0.05, 0.1) is 0 Å². The third kappa shape index (κ3) is 1.95. The van der Waals surface area contributed by atoms with Crippen LogP contribution in [0.4, 0.5) is 4.79 Å². The van der Waals surface area contributed by atoms with E-state index in [1.165, 1.54) is 11.3 Å². The predicted molar refractivity (Wildman–Crippen MR) is 72.7 cm³/mol. The third-order valence-electron chi connectivity index (χ3n) is 5.36. The molecule has 1 aliphatic heterocycles. The van der Waals surface area contributed by atoms with Gasteiger partial charge in [-0.05, 0) is 31.1 Å². The average molecular weight is 278 g/mol. The molecule has 1 N–H and O–H groups in total. The molecule has 3 aliphatic rings. The van der Waals surface area contributed by atoms with Crippen molar-refractivity contribution in [3.8, 4) is 0 Å². The van der Waals surface area contributed by atoms with Gasteiger partial charge < -0.3 is 0 Å². The summed E-state index contributed by atoms with van der Waals surface area (Å²) in [4.78, 5) is 37.9. The Morgan fingerprint density at radius 3 is 2.20 bits per heavy atom. The van der Waals surface area contributed by atoms with E-state index in [9.17, 15) is 14.4 Å². The Hall–Kier alpha value is -1.39. The monoisotopic (exact) mass is 278 g/mol. The summed E-state index contributed by atoms with van der Waals surface area (Å²) < 4.78 is 0. The maximum Gasteiger partial charge on any atom is 0.330 e. The number of hydrogen-bond donors (Lipinski definition) is 1. The normalized spacial score (nSPS) is 28.2.